The third kappa shape index (κ3) is 2.31. The van der Waals surface area contributed by atoms with Gasteiger partial charge in [0.15, 0.2) is 11.4 Å². The van der Waals surface area contributed by atoms with Crippen molar-refractivity contribution >= 4 is 5.78 Å². The molecule has 21 heavy (non-hydrogen) atoms. The molecule has 0 atom stereocenters. The zero-order chi connectivity index (χ0) is 14.8. The summed E-state index contributed by atoms with van der Waals surface area (Å²) in [6.07, 6.45) is 0. The smallest absolute Gasteiger partial charge is 0.217 e. The Hall–Kier alpha value is -2.88. The summed E-state index contributed by atoms with van der Waals surface area (Å²) in [5.41, 5.74) is 1.93. The van der Waals surface area contributed by atoms with E-state index in [-0.39, 0.29) is 17.2 Å². The molecule has 4 nitrogen and oxygen atoms in total. The molecule has 0 saturated heterocycles. The fourth-order valence-corrected chi connectivity index (χ4v) is 2.31. The molecule has 0 spiro atoms. The second-order valence-corrected chi connectivity index (χ2v) is 4.73. The predicted octanol–water partition coefficient (Wildman–Crippen LogP) is 3.02. The van der Waals surface area contributed by atoms with Crippen LogP contribution in [0.4, 0.5) is 0 Å². The van der Waals surface area contributed by atoms with E-state index in [0.717, 1.165) is 5.56 Å². The van der Waals surface area contributed by atoms with Crippen LogP contribution < -0.4 is 0 Å². The van der Waals surface area contributed by atoms with Gasteiger partial charge in [0.2, 0.25) is 5.78 Å². The summed E-state index contributed by atoms with van der Waals surface area (Å²) in [5.74, 6) is -0.372. The van der Waals surface area contributed by atoms with Crippen molar-refractivity contribution < 1.29 is 9.90 Å². The SMILES string of the molecule is Cn1nc(C(=O)c2ccccc2)c(O)c1-c1ccccc1. The third-order valence-electron chi connectivity index (χ3n) is 3.32. The lowest BCUT2D eigenvalue weighted by atomic mass is 10.1. The van der Waals surface area contributed by atoms with Crippen molar-refractivity contribution in [1.82, 2.24) is 9.78 Å². The molecule has 0 aliphatic heterocycles. The van der Waals surface area contributed by atoms with Crippen LogP contribution in [0.3, 0.4) is 0 Å². The molecule has 0 aliphatic carbocycles. The maximum absolute atomic E-state index is 12.4. The average molecular weight is 278 g/mol. The fraction of sp³-hybridized carbons (Fsp3) is 0.0588. The van der Waals surface area contributed by atoms with Gasteiger partial charge in [-0.05, 0) is 0 Å². The number of benzene rings is 2. The minimum atomic E-state index is -0.286. The van der Waals surface area contributed by atoms with Crippen molar-refractivity contribution in [2.75, 3.05) is 0 Å². The number of rotatable bonds is 3. The Bertz CT molecular complexity index is 777. The highest BCUT2D eigenvalue weighted by Gasteiger charge is 2.23. The molecule has 1 aromatic heterocycles. The Morgan fingerprint density at radius 1 is 1.00 bits per heavy atom. The van der Waals surface area contributed by atoms with Gasteiger partial charge in [0.1, 0.15) is 5.69 Å². The van der Waals surface area contributed by atoms with Gasteiger partial charge in [-0.25, -0.2) is 0 Å². The highest BCUT2D eigenvalue weighted by Crippen LogP contribution is 2.32. The maximum Gasteiger partial charge on any atom is 0.217 e. The molecule has 0 bridgehead atoms. The Kier molecular flexibility index (Phi) is 3.28. The monoisotopic (exact) mass is 278 g/mol. The number of hydrogen-bond acceptors (Lipinski definition) is 3. The lowest BCUT2D eigenvalue weighted by Gasteiger charge is -2.02. The van der Waals surface area contributed by atoms with Crippen LogP contribution in [0.25, 0.3) is 11.3 Å². The van der Waals surface area contributed by atoms with Crippen LogP contribution in [0.15, 0.2) is 60.7 Å². The van der Waals surface area contributed by atoms with E-state index in [1.807, 2.05) is 36.4 Å². The lowest BCUT2D eigenvalue weighted by molar-refractivity contribution is 0.103. The van der Waals surface area contributed by atoms with Gasteiger partial charge in [-0.15, -0.1) is 0 Å². The van der Waals surface area contributed by atoms with Gasteiger partial charge in [0.05, 0.1) is 0 Å². The van der Waals surface area contributed by atoms with Gasteiger partial charge in [0.25, 0.3) is 0 Å². The van der Waals surface area contributed by atoms with Gasteiger partial charge < -0.3 is 5.11 Å². The highest BCUT2D eigenvalue weighted by atomic mass is 16.3. The summed E-state index contributed by atoms with van der Waals surface area (Å²) in [4.78, 5) is 12.4. The normalized spacial score (nSPS) is 10.5. The molecular weight excluding hydrogens is 264 g/mol. The molecule has 2 aromatic carbocycles. The van der Waals surface area contributed by atoms with Crippen molar-refractivity contribution in [3.63, 3.8) is 0 Å². The summed E-state index contributed by atoms with van der Waals surface area (Å²) in [7, 11) is 1.71. The summed E-state index contributed by atoms with van der Waals surface area (Å²) in [6.45, 7) is 0. The average Bonchev–Trinajstić information content (AvgIpc) is 2.83. The van der Waals surface area contributed by atoms with Gasteiger partial charge in [-0.1, -0.05) is 60.7 Å². The molecule has 0 amide bonds. The number of carbonyl (C=O) groups is 1. The second kappa shape index (κ2) is 5.25. The van der Waals surface area contributed by atoms with Crippen molar-refractivity contribution in [2.45, 2.75) is 0 Å². The maximum atomic E-state index is 12.4. The number of ketones is 1. The summed E-state index contributed by atoms with van der Waals surface area (Å²) in [5, 5.41) is 14.6. The van der Waals surface area contributed by atoms with E-state index in [1.165, 1.54) is 4.68 Å². The Labute approximate surface area is 122 Å². The first-order valence-corrected chi connectivity index (χ1v) is 6.59. The lowest BCUT2D eigenvalue weighted by Crippen LogP contribution is -2.03. The van der Waals surface area contributed by atoms with Gasteiger partial charge >= 0.3 is 0 Å². The van der Waals surface area contributed by atoms with E-state index < -0.39 is 0 Å². The quantitative estimate of drug-likeness (QED) is 0.749. The van der Waals surface area contributed by atoms with Crippen LogP contribution in [-0.2, 0) is 7.05 Å². The number of nitrogens with zero attached hydrogens (tertiary/aromatic N) is 2. The van der Waals surface area contributed by atoms with Gasteiger partial charge in [-0.3, -0.25) is 9.48 Å². The first-order valence-electron chi connectivity index (χ1n) is 6.59. The van der Waals surface area contributed by atoms with Crippen molar-refractivity contribution in [3.8, 4) is 17.0 Å². The van der Waals surface area contributed by atoms with Crippen LogP contribution in [-0.4, -0.2) is 20.7 Å². The van der Waals surface area contributed by atoms with Crippen molar-refractivity contribution in [2.24, 2.45) is 7.05 Å². The van der Waals surface area contributed by atoms with E-state index >= 15 is 0 Å². The van der Waals surface area contributed by atoms with E-state index in [2.05, 4.69) is 5.10 Å². The second-order valence-electron chi connectivity index (χ2n) is 4.73. The summed E-state index contributed by atoms with van der Waals surface area (Å²) in [6, 6.07) is 18.2. The fourth-order valence-electron chi connectivity index (χ4n) is 2.31. The highest BCUT2D eigenvalue weighted by molar-refractivity contribution is 6.10. The molecule has 3 aromatic rings. The van der Waals surface area contributed by atoms with Crippen molar-refractivity contribution in [1.29, 1.82) is 0 Å². The molecule has 0 unspecified atom stereocenters. The molecule has 3 rings (SSSR count). The number of aromatic nitrogens is 2. The molecule has 0 radical (unpaired) electrons. The molecule has 0 saturated carbocycles. The minimum absolute atomic E-state index is 0.0718. The predicted molar refractivity (Wildman–Crippen MR) is 80.2 cm³/mol. The molecule has 104 valence electrons. The molecule has 1 heterocycles. The van der Waals surface area contributed by atoms with Crippen LogP contribution in [0.1, 0.15) is 16.1 Å². The van der Waals surface area contributed by atoms with Crippen molar-refractivity contribution in [3.05, 3.63) is 71.9 Å². The van der Waals surface area contributed by atoms with E-state index in [0.29, 0.717) is 11.3 Å². The van der Waals surface area contributed by atoms with Crippen LogP contribution in [0, 0.1) is 0 Å². The standard InChI is InChI=1S/C17H14N2O2/c1-19-15(12-8-4-2-5-9-12)17(21)14(18-19)16(20)13-10-6-3-7-11-13/h2-11,21H,1H3. The Morgan fingerprint density at radius 2 is 1.57 bits per heavy atom. The van der Waals surface area contributed by atoms with Crippen LogP contribution in [0.2, 0.25) is 0 Å². The largest absolute Gasteiger partial charge is 0.504 e. The Balaban J connectivity index is 2.09. The number of carbonyl (C=O) groups excluding carboxylic acids is 1. The van der Waals surface area contributed by atoms with E-state index in [9.17, 15) is 9.90 Å². The molecule has 4 heteroatoms. The molecule has 0 fully saturated rings. The number of aryl methyl sites for hydroxylation is 1. The first-order chi connectivity index (χ1) is 10.2. The van der Waals surface area contributed by atoms with Gasteiger partial charge in [-0.2, -0.15) is 5.10 Å². The Morgan fingerprint density at radius 3 is 2.19 bits per heavy atom. The van der Waals surface area contributed by atoms with E-state index in [1.54, 1.807) is 31.3 Å². The topological polar surface area (TPSA) is 55.1 Å². The molecular formula is C17H14N2O2. The first kappa shape index (κ1) is 13.1. The summed E-state index contributed by atoms with van der Waals surface area (Å²) < 4.78 is 1.53. The minimum Gasteiger partial charge on any atom is -0.504 e. The van der Waals surface area contributed by atoms with Gasteiger partial charge in [0, 0.05) is 18.2 Å². The van der Waals surface area contributed by atoms with E-state index in [4.69, 9.17) is 0 Å². The zero-order valence-corrected chi connectivity index (χ0v) is 11.5. The summed E-state index contributed by atoms with van der Waals surface area (Å²) >= 11 is 0. The molecule has 1 N–H and O–H groups in total. The number of hydrogen-bond donors (Lipinski definition) is 1. The molecule has 0 aliphatic rings. The van der Waals surface area contributed by atoms with Crippen LogP contribution >= 0.6 is 0 Å². The zero-order valence-electron chi connectivity index (χ0n) is 11.5. The third-order valence-corrected chi connectivity index (χ3v) is 3.32. The number of aromatic hydroxyl groups is 1. The van der Waals surface area contributed by atoms with Crippen LogP contribution in [0.5, 0.6) is 5.75 Å².